The molecule has 186 valence electrons. The number of rotatable bonds is 19. The Kier molecular flexibility index (Phi) is 23.3. The maximum atomic E-state index is 9.87. The van der Waals surface area contributed by atoms with Gasteiger partial charge in [-0.15, -0.1) is 0 Å². The van der Waals surface area contributed by atoms with E-state index < -0.39 is 0 Å². The molecule has 0 aromatic heterocycles. The SMILES string of the molecule is C[N+](C)(C)CC(O)COCCCCCCCCCCOCC(O)C[N+](C)(C)C.[Cl-].[Cl-]. The molecular formula is C22H50Cl2N2O4. The van der Waals surface area contributed by atoms with E-state index >= 15 is 0 Å². The highest BCUT2D eigenvalue weighted by Gasteiger charge is 2.15. The second-order valence-electron chi connectivity index (χ2n) is 10.2. The van der Waals surface area contributed by atoms with Crippen molar-refractivity contribution in [3.05, 3.63) is 0 Å². The normalized spacial score (nSPS) is 14.0. The minimum Gasteiger partial charge on any atom is -1.00 e. The summed E-state index contributed by atoms with van der Waals surface area (Å²) in [6.07, 6.45) is 8.94. The highest BCUT2D eigenvalue weighted by molar-refractivity contribution is 4.53. The van der Waals surface area contributed by atoms with Crippen LogP contribution in [0.3, 0.4) is 0 Å². The Bertz CT molecular complexity index is 330. The molecule has 0 heterocycles. The third kappa shape index (κ3) is 28.3. The Morgan fingerprint density at radius 3 is 1.07 bits per heavy atom. The van der Waals surface area contributed by atoms with Crippen LogP contribution in [0.5, 0.6) is 0 Å². The Balaban J connectivity index is -0.00000364. The summed E-state index contributed by atoms with van der Waals surface area (Å²) in [7, 11) is 12.5. The lowest BCUT2D eigenvalue weighted by Crippen LogP contribution is -3.00. The molecule has 0 radical (unpaired) electrons. The van der Waals surface area contributed by atoms with E-state index in [2.05, 4.69) is 42.3 Å². The van der Waals surface area contributed by atoms with Crippen LogP contribution in [0.25, 0.3) is 0 Å². The van der Waals surface area contributed by atoms with Crippen molar-refractivity contribution >= 4 is 0 Å². The van der Waals surface area contributed by atoms with Gasteiger partial charge in [0.05, 0.1) is 55.5 Å². The molecule has 0 aliphatic heterocycles. The lowest BCUT2D eigenvalue weighted by atomic mass is 10.1. The number of hydrogen-bond donors (Lipinski definition) is 2. The van der Waals surface area contributed by atoms with Gasteiger partial charge < -0.3 is 53.5 Å². The van der Waals surface area contributed by atoms with Crippen molar-refractivity contribution in [1.82, 2.24) is 0 Å². The number of hydrogen-bond acceptors (Lipinski definition) is 4. The predicted molar refractivity (Wildman–Crippen MR) is 116 cm³/mol. The van der Waals surface area contributed by atoms with E-state index in [0.29, 0.717) is 13.2 Å². The standard InChI is InChI=1S/C22H50N2O4.2ClH/c1-23(2,3)17-21(25)19-27-15-13-11-9-7-8-10-12-14-16-28-20-22(26)18-24(4,5)6;;/h21-22,25-26H,7-20H2,1-6H3;2*1H/q+2;;/p-2. The Morgan fingerprint density at radius 1 is 0.533 bits per heavy atom. The second kappa shape index (κ2) is 20.0. The third-order valence-electron chi connectivity index (χ3n) is 4.46. The molecule has 2 N–H and O–H groups in total. The van der Waals surface area contributed by atoms with Crippen molar-refractivity contribution in [2.45, 2.75) is 63.6 Å². The summed E-state index contributed by atoms with van der Waals surface area (Å²) >= 11 is 0. The van der Waals surface area contributed by atoms with Crippen LogP contribution >= 0.6 is 0 Å². The molecule has 0 spiro atoms. The van der Waals surface area contributed by atoms with Crippen LogP contribution in [0.4, 0.5) is 0 Å². The summed E-state index contributed by atoms with van der Waals surface area (Å²) in [5, 5.41) is 19.7. The summed E-state index contributed by atoms with van der Waals surface area (Å²) in [5.41, 5.74) is 0. The van der Waals surface area contributed by atoms with E-state index in [0.717, 1.165) is 48.1 Å². The Labute approximate surface area is 198 Å². The van der Waals surface area contributed by atoms with Crippen molar-refractivity contribution in [2.24, 2.45) is 0 Å². The summed E-state index contributed by atoms with van der Waals surface area (Å²) in [4.78, 5) is 0. The van der Waals surface area contributed by atoms with E-state index in [9.17, 15) is 10.2 Å². The minimum absolute atomic E-state index is 0. The monoisotopic (exact) mass is 476 g/mol. The van der Waals surface area contributed by atoms with Crippen molar-refractivity contribution in [1.29, 1.82) is 0 Å². The van der Waals surface area contributed by atoms with E-state index in [-0.39, 0.29) is 37.0 Å². The zero-order valence-corrected chi connectivity index (χ0v) is 21.9. The van der Waals surface area contributed by atoms with E-state index in [1.807, 2.05) is 0 Å². The van der Waals surface area contributed by atoms with E-state index in [1.54, 1.807) is 0 Å². The average molecular weight is 478 g/mol. The van der Waals surface area contributed by atoms with Crippen LogP contribution in [-0.4, -0.2) is 113 Å². The molecule has 2 unspecified atom stereocenters. The molecule has 0 amide bonds. The molecule has 2 atom stereocenters. The van der Waals surface area contributed by atoms with Crippen molar-refractivity contribution in [2.75, 3.05) is 81.8 Å². The van der Waals surface area contributed by atoms with Gasteiger partial charge in [0.1, 0.15) is 25.3 Å². The number of nitrogens with zero attached hydrogens (tertiary/aromatic N) is 2. The maximum absolute atomic E-state index is 9.87. The zero-order chi connectivity index (χ0) is 21.5. The first kappa shape index (κ1) is 34.9. The molecule has 0 aromatic carbocycles. The van der Waals surface area contributed by atoms with Gasteiger partial charge in [-0.05, 0) is 12.8 Å². The summed E-state index contributed by atoms with van der Waals surface area (Å²) in [5.74, 6) is 0. The number of quaternary nitrogens is 2. The van der Waals surface area contributed by atoms with Gasteiger partial charge in [-0.3, -0.25) is 0 Å². The zero-order valence-electron chi connectivity index (χ0n) is 20.4. The molecule has 0 fully saturated rings. The third-order valence-corrected chi connectivity index (χ3v) is 4.46. The lowest BCUT2D eigenvalue weighted by Gasteiger charge is -2.26. The number of likely N-dealkylation sites (N-methyl/N-ethyl adjacent to an activating group) is 2. The lowest BCUT2D eigenvalue weighted by molar-refractivity contribution is -0.873. The van der Waals surface area contributed by atoms with Crippen molar-refractivity contribution in [3.63, 3.8) is 0 Å². The van der Waals surface area contributed by atoms with E-state index in [1.165, 1.54) is 38.5 Å². The summed E-state index contributed by atoms with van der Waals surface area (Å²) in [6.45, 7) is 3.86. The molecule has 0 aromatic rings. The highest BCUT2D eigenvalue weighted by atomic mass is 35.5. The molecule has 8 heteroatoms. The summed E-state index contributed by atoms with van der Waals surface area (Å²) in [6, 6.07) is 0. The van der Waals surface area contributed by atoms with Gasteiger partial charge in [0, 0.05) is 13.2 Å². The maximum Gasteiger partial charge on any atom is 0.126 e. The first-order valence-electron chi connectivity index (χ1n) is 11.1. The van der Waals surface area contributed by atoms with Crippen molar-refractivity contribution in [3.8, 4) is 0 Å². The largest absolute Gasteiger partial charge is 1.00 e. The van der Waals surface area contributed by atoms with Gasteiger partial charge in [0.2, 0.25) is 0 Å². The molecule has 0 aliphatic rings. The average Bonchev–Trinajstić information content (AvgIpc) is 2.51. The van der Waals surface area contributed by atoms with Gasteiger partial charge in [-0.2, -0.15) is 0 Å². The summed E-state index contributed by atoms with van der Waals surface area (Å²) < 4.78 is 12.7. The number of halogens is 2. The fourth-order valence-corrected chi connectivity index (χ4v) is 3.28. The molecule has 30 heavy (non-hydrogen) atoms. The predicted octanol–water partition coefficient (Wildman–Crippen LogP) is -3.72. The fourth-order valence-electron chi connectivity index (χ4n) is 3.28. The quantitative estimate of drug-likeness (QED) is 0.149. The van der Waals surface area contributed by atoms with Crippen molar-refractivity contribution < 1.29 is 53.5 Å². The topological polar surface area (TPSA) is 58.9 Å². The van der Waals surface area contributed by atoms with Crippen LogP contribution in [0.2, 0.25) is 0 Å². The van der Waals surface area contributed by atoms with Gasteiger partial charge in [-0.25, -0.2) is 0 Å². The van der Waals surface area contributed by atoms with Gasteiger partial charge in [0.25, 0.3) is 0 Å². The highest BCUT2D eigenvalue weighted by Crippen LogP contribution is 2.09. The molecule has 0 saturated heterocycles. The van der Waals surface area contributed by atoms with Gasteiger partial charge >= 0.3 is 0 Å². The molecule has 0 rings (SSSR count). The van der Waals surface area contributed by atoms with Crippen LogP contribution < -0.4 is 24.8 Å². The van der Waals surface area contributed by atoms with Crippen LogP contribution in [0.15, 0.2) is 0 Å². The molecule has 0 aliphatic carbocycles. The smallest absolute Gasteiger partial charge is 0.126 e. The molecule has 6 nitrogen and oxygen atoms in total. The first-order chi connectivity index (χ1) is 13.0. The number of aliphatic hydroxyl groups excluding tert-OH is 2. The van der Waals surface area contributed by atoms with Gasteiger partial charge in [-0.1, -0.05) is 38.5 Å². The van der Waals surface area contributed by atoms with Crippen LogP contribution in [0, 0.1) is 0 Å². The Morgan fingerprint density at radius 2 is 0.800 bits per heavy atom. The molecular weight excluding hydrogens is 427 g/mol. The number of unbranched alkanes of at least 4 members (excludes halogenated alkanes) is 7. The number of ether oxygens (including phenoxy) is 2. The fraction of sp³-hybridized carbons (Fsp3) is 1.00. The molecule has 0 bridgehead atoms. The van der Waals surface area contributed by atoms with Gasteiger partial charge in [0.15, 0.2) is 0 Å². The first-order valence-corrected chi connectivity index (χ1v) is 11.1. The van der Waals surface area contributed by atoms with Crippen LogP contribution in [-0.2, 0) is 9.47 Å². The molecule has 0 saturated carbocycles. The number of aliphatic hydroxyl groups is 2. The van der Waals surface area contributed by atoms with E-state index in [4.69, 9.17) is 9.47 Å². The Hall–Kier alpha value is 0.340. The second-order valence-corrected chi connectivity index (χ2v) is 10.2. The minimum atomic E-state index is -0.370. The van der Waals surface area contributed by atoms with Crippen LogP contribution in [0.1, 0.15) is 51.4 Å².